The number of thioether (sulfide) groups is 1. The van der Waals surface area contributed by atoms with E-state index >= 15 is 0 Å². The molecule has 3 rings (SSSR count). The van der Waals surface area contributed by atoms with Crippen LogP contribution < -0.4 is 0 Å². The number of thiophene rings is 1. The van der Waals surface area contributed by atoms with Crippen molar-refractivity contribution in [2.24, 2.45) is 0 Å². The fourth-order valence-corrected chi connectivity index (χ4v) is 3.73. The second-order valence-corrected chi connectivity index (χ2v) is 7.13. The summed E-state index contributed by atoms with van der Waals surface area (Å²) in [4.78, 5) is 12.8. The van der Waals surface area contributed by atoms with E-state index in [1.165, 1.54) is 23.1 Å². The summed E-state index contributed by atoms with van der Waals surface area (Å²) < 4.78 is 2.26. The Kier molecular flexibility index (Phi) is 4.56. The molecular formula is C14H11ClN4OS2. The number of aromatic nitrogens is 4. The maximum atomic E-state index is 12.1. The zero-order valence-electron chi connectivity index (χ0n) is 11.6. The molecule has 0 fully saturated rings. The number of nitrogens with zero attached hydrogens (tertiary/aromatic N) is 4. The molecule has 0 aliphatic heterocycles. The van der Waals surface area contributed by atoms with Crippen molar-refractivity contribution >= 4 is 40.5 Å². The summed E-state index contributed by atoms with van der Waals surface area (Å²) in [6.45, 7) is 1.99. The van der Waals surface area contributed by atoms with Gasteiger partial charge in [0.2, 0.25) is 5.16 Å². The van der Waals surface area contributed by atoms with E-state index in [0.29, 0.717) is 14.4 Å². The molecule has 0 saturated heterocycles. The van der Waals surface area contributed by atoms with Crippen LogP contribution in [-0.4, -0.2) is 31.7 Å². The Labute approximate surface area is 140 Å². The lowest BCUT2D eigenvalue weighted by Crippen LogP contribution is -2.04. The predicted molar refractivity (Wildman–Crippen MR) is 88.3 cm³/mol. The van der Waals surface area contributed by atoms with Gasteiger partial charge in [-0.2, -0.15) is 4.68 Å². The number of tetrazole rings is 1. The molecule has 22 heavy (non-hydrogen) atoms. The number of hydrogen-bond donors (Lipinski definition) is 0. The second kappa shape index (κ2) is 6.60. The summed E-state index contributed by atoms with van der Waals surface area (Å²) in [5.41, 5.74) is 1.97. The third-order valence-electron chi connectivity index (χ3n) is 2.96. The highest BCUT2D eigenvalue weighted by atomic mass is 35.5. The van der Waals surface area contributed by atoms with Gasteiger partial charge in [0.25, 0.3) is 0 Å². The van der Waals surface area contributed by atoms with Gasteiger partial charge in [0.05, 0.1) is 20.7 Å². The lowest BCUT2D eigenvalue weighted by Gasteiger charge is -2.06. The fourth-order valence-electron chi connectivity index (χ4n) is 1.89. The van der Waals surface area contributed by atoms with Crippen LogP contribution in [0.2, 0.25) is 4.34 Å². The molecule has 0 spiro atoms. The minimum atomic E-state index is 0.0150. The van der Waals surface area contributed by atoms with E-state index in [1.54, 1.807) is 16.8 Å². The summed E-state index contributed by atoms with van der Waals surface area (Å²) >= 11 is 8.44. The molecule has 0 aliphatic carbocycles. The topological polar surface area (TPSA) is 60.7 Å². The molecule has 0 unspecified atom stereocenters. The molecular weight excluding hydrogens is 340 g/mol. The molecule has 0 radical (unpaired) electrons. The molecule has 8 heteroatoms. The summed E-state index contributed by atoms with van der Waals surface area (Å²) in [5.74, 6) is 0.282. The number of benzene rings is 1. The van der Waals surface area contributed by atoms with Crippen LogP contribution in [0.4, 0.5) is 0 Å². The highest BCUT2D eigenvalue weighted by Crippen LogP contribution is 2.25. The van der Waals surface area contributed by atoms with Gasteiger partial charge in [-0.25, -0.2) is 0 Å². The van der Waals surface area contributed by atoms with Crippen molar-refractivity contribution in [1.29, 1.82) is 0 Å². The summed E-state index contributed by atoms with van der Waals surface area (Å²) in [5, 5.41) is 12.3. The third-order valence-corrected chi connectivity index (χ3v) is 5.16. The number of para-hydroxylation sites is 1. The number of rotatable bonds is 5. The first-order chi connectivity index (χ1) is 10.6. The van der Waals surface area contributed by atoms with Gasteiger partial charge in [0, 0.05) is 0 Å². The van der Waals surface area contributed by atoms with Crippen molar-refractivity contribution in [1.82, 2.24) is 20.2 Å². The summed E-state index contributed by atoms with van der Waals surface area (Å²) in [6.07, 6.45) is 0. The highest BCUT2D eigenvalue weighted by molar-refractivity contribution is 7.99. The number of carbonyl (C=O) groups excluding carboxylic acids is 1. The zero-order valence-corrected chi connectivity index (χ0v) is 14.0. The smallest absolute Gasteiger partial charge is 0.214 e. The molecule has 0 bridgehead atoms. The van der Waals surface area contributed by atoms with Gasteiger partial charge in [-0.3, -0.25) is 4.79 Å². The van der Waals surface area contributed by atoms with Crippen LogP contribution in [-0.2, 0) is 0 Å². The average molecular weight is 351 g/mol. The van der Waals surface area contributed by atoms with E-state index in [9.17, 15) is 4.79 Å². The van der Waals surface area contributed by atoms with E-state index in [4.69, 9.17) is 11.6 Å². The first-order valence-corrected chi connectivity index (χ1v) is 8.59. The Morgan fingerprint density at radius 3 is 2.86 bits per heavy atom. The van der Waals surface area contributed by atoms with Gasteiger partial charge in [0.1, 0.15) is 0 Å². The lowest BCUT2D eigenvalue weighted by atomic mass is 10.2. The number of carbonyl (C=O) groups is 1. The molecule has 3 aromatic rings. The standard InChI is InChI=1S/C14H11ClN4OS2/c1-9-4-2-3-5-10(9)19-14(16-17-18-19)21-8-11(20)12-6-7-13(15)22-12/h2-7H,8H2,1H3. The molecule has 0 aliphatic rings. The van der Waals surface area contributed by atoms with Gasteiger partial charge >= 0.3 is 0 Å². The highest BCUT2D eigenvalue weighted by Gasteiger charge is 2.14. The van der Waals surface area contributed by atoms with Crippen LogP contribution in [0.15, 0.2) is 41.6 Å². The van der Waals surface area contributed by atoms with Crippen LogP contribution >= 0.6 is 34.7 Å². The maximum absolute atomic E-state index is 12.1. The van der Waals surface area contributed by atoms with Crippen LogP contribution in [0, 0.1) is 6.92 Å². The van der Waals surface area contributed by atoms with E-state index in [-0.39, 0.29) is 11.5 Å². The van der Waals surface area contributed by atoms with Crippen LogP contribution in [0.25, 0.3) is 5.69 Å². The van der Waals surface area contributed by atoms with Crippen molar-refractivity contribution in [2.45, 2.75) is 12.1 Å². The number of hydrogen-bond acceptors (Lipinski definition) is 6. The van der Waals surface area contributed by atoms with E-state index in [0.717, 1.165) is 11.3 Å². The molecule has 0 N–H and O–H groups in total. The Morgan fingerprint density at radius 2 is 2.14 bits per heavy atom. The number of ketones is 1. The fraction of sp³-hybridized carbons (Fsp3) is 0.143. The zero-order chi connectivity index (χ0) is 15.5. The van der Waals surface area contributed by atoms with Crippen LogP contribution in [0.1, 0.15) is 15.2 Å². The van der Waals surface area contributed by atoms with Gasteiger partial charge in [0.15, 0.2) is 5.78 Å². The molecule has 2 heterocycles. The maximum Gasteiger partial charge on any atom is 0.214 e. The first kappa shape index (κ1) is 15.2. The Morgan fingerprint density at radius 1 is 1.32 bits per heavy atom. The minimum absolute atomic E-state index is 0.0150. The third kappa shape index (κ3) is 3.21. The molecule has 1 aromatic carbocycles. The number of Topliss-reactive ketones (excluding diaryl/α,β-unsaturated/α-hetero) is 1. The predicted octanol–water partition coefficient (Wildman–Crippen LogP) is 3.66. The van der Waals surface area contributed by atoms with Crippen LogP contribution in [0.3, 0.4) is 0 Å². The average Bonchev–Trinajstić information content (AvgIpc) is 3.14. The summed E-state index contributed by atoms with van der Waals surface area (Å²) in [6, 6.07) is 11.3. The molecule has 5 nitrogen and oxygen atoms in total. The monoisotopic (exact) mass is 350 g/mol. The number of halogens is 1. The van der Waals surface area contributed by atoms with Gasteiger partial charge in [-0.1, -0.05) is 41.6 Å². The number of aryl methyl sites for hydroxylation is 1. The first-order valence-electron chi connectivity index (χ1n) is 6.41. The molecule has 0 atom stereocenters. The minimum Gasteiger partial charge on any atom is -0.292 e. The Bertz CT molecular complexity index is 815. The summed E-state index contributed by atoms with van der Waals surface area (Å²) in [7, 11) is 0. The van der Waals surface area contributed by atoms with E-state index < -0.39 is 0 Å². The SMILES string of the molecule is Cc1ccccc1-n1nnnc1SCC(=O)c1ccc(Cl)s1. The van der Waals surface area contributed by atoms with Crippen molar-refractivity contribution in [3.63, 3.8) is 0 Å². The largest absolute Gasteiger partial charge is 0.292 e. The second-order valence-electron chi connectivity index (χ2n) is 4.48. The molecule has 2 aromatic heterocycles. The van der Waals surface area contributed by atoms with Crippen molar-refractivity contribution in [3.05, 3.63) is 51.2 Å². The van der Waals surface area contributed by atoms with Crippen molar-refractivity contribution in [3.8, 4) is 5.69 Å². The van der Waals surface area contributed by atoms with Crippen molar-refractivity contribution < 1.29 is 4.79 Å². The lowest BCUT2D eigenvalue weighted by molar-refractivity contribution is 0.102. The van der Waals surface area contributed by atoms with Gasteiger partial charge in [-0.05, 0) is 41.1 Å². The molecule has 0 amide bonds. The van der Waals surface area contributed by atoms with Crippen molar-refractivity contribution in [2.75, 3.05) is 5.75 Å². The Balaban J connectivity index is 1.76. The quantitative estimate of drug-likeness (QED) is 0.519. The normalized spacial score (nSPS) is 10.8. The Hall–Kier alpha value is -1.70. The molecule has 0 saturated carbocycles. The van der Waals surface area contributed by atoms with Gasteiger partial charge in [-0.15, -0.1) is 16.4 Å². The molecule has 112 valence electrons. The van der Waals surface area contributed by atoms with Crippen LogP contribution in [0.5, 0.6) is 0 Å². The van der Waals surface area contributed by atoms with E-state index in [1.807, 2.05) is 31.2 Å². The van der Waals surface area contributed by atoms with E-state index in [2.05, 4.69) is 15.5 Å². The van der Waals surface area contributed by atoms with Gasteiger partial charge < -0.3 is 0 Å².